The average molecular weight is 264 g/mol. The molecule has 0 saturated carbocycles. The van der Waals surface area contributed by atoms with Gasteiger partial charge < -0.3 is 4.74 Å². The van der Waals surface area contributed by atoms with E-state index in [1.54, 1.807) is 6.92 Å². The van der Waals surface area contributed by atoms with Crippen LogP contribution in [0.4, 0.5) is 0 Å². The maximum Gasteiger partial charge on any atom is 0.326 e. The summed E-state index contributed by atoms with van der Waals surface area (Å²) in [5.41, 5.74) is 0.358. The molecule has 0 radical (unpaired) electrons. The minimum Gasteiger partial charge on any atom is -0.465 e. The van der Waals surface area contributed by atoms with Gasteiger partial charge in [0, 0.05) is 6.07 Å². The van der Waals surface area contributed by atoms with Crippen LogP contribution in [0.2, 0.25) is 0 Å². The Labute approximate surface area is 108 Å². The normalized spacial score (nSPS) is 10.3. The summed E-state index contributed by atoms with van der Waals surface area (Å²) in [5.74, 6) is -0.440. The molecule has 6 heteroatoms. The largest absolute Gasteiger partial charge is 0.465 e. The van der Waals surface area contributed by atoms with Gasteiger partial charge in [0.25, 0.3) is 5.56 Å². The van der Waals surface area contributed by atoms with Gasteiger partial charge in [-0.05, 0) is 18.4 Å². The Hall–Kier alpha value is -1.95. The van der Waals surface area contributed by atoms with Crippen molar-refractivity contribution in [2.45, 2.75) is 13.5 Å². The van der Waals surface area contributed by atoms with E-state index in [9.17, 15) is 9.59 Å². The molecule has 2 heterocycles. The third-order valence-corrected chi connectivity index (χ3v) is 3.15. The average Bonchev–Trinajstić information content (AvgIpc) is 2.85. The fraction of sp³-hybridized carbons (Fsp3) is 0.250. The first-order valence-corrected chi connectivity index (χ1v) is 6.34. The lowest BCUT2D eigenvalue weighted by Gasteiger charge is -2.05. The zero-order valence-electron chi connectivity index (χ0n) is 9.83. The smallest absolute Gasteiger partial charge is 0.326 e. The number of nitrogens with zero attached hydrogens (tertiary/aromatic N) is 2. The highest BCUT2D eigenvalue weighted by molar-refractivity contribution is 7.13. The van der Waals surface area contributed by atoms with Crippen LogP contribution in [0.25, 0.3) is 10.6 Å². The number of hydrogen-bond acceptors (Lipinski definition) is 5. The molecule has 0 N–H and O–H groups in total. The Bertz CT molecular complexity index is 590. The standard InChI is InChI=1S/C12H12N2O3S/c1-2-17-12(16)7-14-8-13-9(6-11(14)15)10-4-3-5-18-10/h3-6,8H,2,7H2,1H3. The Morgan fingerprint density at radius 1 is 1.56 bits per heavy atom. The van der Waals surface area contributed by atoms with Crippen molar-refractivity contribution in [1.29, 1.82) is 0 Å². The second kappa shape index (κ2) is 5.59. The molecule has 0 spiro atoms. The zero-order chi connectivity index (χ0) is 13.0. The molecule has 0 aliphatic heterocycles. The van der Waals surface area contributed by atoms with Crippen molar-refractivity contribution in [1.82, 2.24) is 9.55 Å². The fourth-order valence-corrected chi connectivity index (χ4v) is 2.14. The first kappa shape index (κ1) is 12.5. The SMILES string of the molecule is CCOC(=O)Cn1cnc(-c2cccs2)cc1=O. The van der Waals surface area contributed by atoms with Crippen molar-refractivity contribution >= 4 is 17.3 Å². The molecular weight excluding hydrogens is 252 g/mol. The van der Waals surface area contributed by atoms with Gasteiger partial charge in [-0.25, -0.2) is 4.98 Å². The van der Waals surface area contributed by atoms with Gasteiger partial charge in [0.1, 0.15) is 6.54 Å². The van der Waals surface area contributed by atoms with Crippen LogP contribution in [0.5, 0.6) is 0 Å². The summed E-state index contributed by atoms with van der Waals surface area (Å²) in [5, 5.41) is 1.92. The molecule has 0 aliphatic carbocycles. The fourth-order valence-electron chi connectivity index (χ4n) is 1.45. The second-order valence-corrected chi connectivity index (χ2v) is 4.47. The van der Waals surface area contributed by atoms with Gasteiger partial charge >= 0.3 is 5.97 Å². The van der Waals surface area contributed by atoms with Crippen molar-refractivity contribution in [3.8, 4) is 10.6 Å². The van der Waals surface area contributed by atoms with Crippen LogP contribution in [-0.2, 0) is 16.1 Å². The van der Waals surface area contributed by atoms with Gasteiger partial charge in [-0.2, -0.15) is 0 Å². The van der Waals surface area contributed by atoms with Crippen LogP contribution in [0.15, 0.2) is 34.7 Å². The van der Waals surface area contributed by atoms with Gasteiger partial charge in [-0.3, -0.25) is 14.2 Å². The third-order valence-electron chi connectivity index (χ3n) is 2.26. The van der Waals surface area contributed by atoms with E-state index in [0.717, 1.165) is 4.88 Å². The second-order valence-electron chi connectivity index (χ2n) is 3.52. The Kier molecular flexibility index (Phi) is 3.88. The van der Waals surface area contributed by atoms with E-state index in [1.165, 1.54) is 28.3 Å². The molecule has 0 bridgehead atoms. The maximum absolute atomic E-state index is 11.8. The number of carbonyl (C=O) groups excluding carboxylic acids is 1. The third kappa shape index (κ3) is 2.84. The van der Waals surface area contributed by atoms with Crippen LogP contribution in [0, 0.1) is 0 Å². The number of aromatic nitrogens is 2. The molecule has 2 aromatic heterocycles. The summed E-state index contributed by atoms with van der Waals surface area (Å²) in [6, 6.07) is 5.21. The summed E-state index contributed by atoms with van der Waals surface area (Å²) in [7, 11) is 0. The molecule has 0 aromatic carbocycles. The van der Waals surface area contributed by atoms with Gasteiger partial charge in [-0.15, -0.1) is 11.3 Å². The lowest BCUT2D eigenvalue weighted by atomic mass is 10.3. The molecule has 0 unspecified atom stereocenters. The van der Waals surface area contributed by atoms with Crippen molar-refractivity contribution in [2.24, 2.45) is 0 Å². The van der Waals surface area contributed by atoms with Crippen LogP contribution in [0.3, 0.4) is 0 Å². The molecule has 5 nitrogen and oxygen atoms in total. The molecule has 0 amide bonds. The first-order chi connectivity index (χ1) is 8.70. The zero-order valence-corrected chi connectivity index (χ0v) is 10.6. The molecule has 94 valence electrons. The highest BCUT2D eigenvalue weighted by atomic mass is 32.1. The number of rotatable bonds is 4. The molecular formula is C12H12N2O3S. The highest BCUT2D eigenvalue weighted by Crippen LogP contribution is 2.20. The molecule has 0 fully saturated rings. The maximum atomic E-state index is 11.8. The van der Waals surface area contributed by atoms with Crippen molar-refractivity contribution in [3.63, 3.8) is 0 Å². The Balaban J connectivity index is 2.21. The van der Waals surface area contributed by atoms with Crippen molar-refractivity contribution < 1.29 is 9.53 Å². The molecule has 18 heavy (non-hydrogen) atoms. The summed E-state index contributed by atoms with van der Waals surface area (Å²) in [6.07, 6.45) is 1.37. The first-order valence-electron chi connectivity index (χ1n) is 5.46. The summed E-state index contributed by atoms with van der Waals surface area (Å²) < 4.78 is 6.01. The van der Waals surface area contributed by atoms with Gasteiger partial charge in [0.2, 0.25) is 0 Å². The lowest BCUT2D eigenvalue weighted by Crippen LogP contribution is -2.25. The summed E-state index contributed by atoms with van der Waals surface area (Å²) in [6.45, 7) is 1.91. The Morgan fingerprint density at radius 3 is 3.00 bits per heavy atom. The van der Waals surface area contributed by atoms with Gasteiger partial charge in [0.15, 0.2) is 0 Å². The van der Waals surface area contributed by atoms with E-state index in [2.05, 4.69) is 4.98 Å². The van der Waals surface area contributed by atoms with E-state index < -0.39 is 5.97 Å². The van der Waals surface area contributed by atoms with E-state index >= 15 is 0 Å². The molecule has 2 aromatic rings. The molecule has 0 atom stereocenters. The number of esters is 1. The van der Waals surface area contributed by atoms with Crippen LogP contribution in [-0.4, -0.2) is 22.1 Å². The van der Waals surface area contributed by atoms with Crippen LogP contribution < -0.4 is 5.56 Å². The van der Waals surface area contributed by atoms with Crippen molar-refractivity contribution in [2.75, 3.05) is 6.61 Å². The number of hydrogen-bond donors (Lipinski definition) is 0. The van der Waals surface area contributed by atoms with E-state index in [0.29, 0.717) is 12.3 Å². The molecule has 2 rings (SSSR count). The Morgan fingerprint density at radius 2 is 2.39 bits per heavy atom. The highest BCUT2D eigenvalue weighted by Gasteiger charge is 2.07. The number of thiophene rings is 1. The predicted octanol–water partition coefficient (Wildman–Crippen LogP) is 1.53. The van der Waals surface area contributed by atoms with Crippen LogP contribution in [0.1, 0.15) is 6.92 Å². The minimum atomic E-state index is -0.440. The van der Waals surface area contributed by atoms with Crippen LogP contribution >= 0.6 is 11.3 Å². The van der Waals surface area contributed by atoms with E-state index in [4.69, 9.17) is 4.74 Å². The van der Waals surface area contributed by atoms with Crippen molar-refractivity contribution in [3.05, 3.63) is 40.3 Å². The van der Waals surface area contributed by atoms with Gasteiger partial charge in [-0.1, -0.05) is 6.07 Å². The summed E-state index contributed by atoms with van der Waals surface area (Å²) in [4.78, 5) is 28.2. The topological polar surface area (TPSA) is 61.2 Å². The number of ether oxygens (including phenoxy) is 1. The quantitative estimate of drug-likeness (QED) is 0.786. The monoisotopic (exact) mass is 264 g/mol. The lowest BCUT2D eigenvalue weighted by molar-refractivity contribution is -0.143. The van der Waals surface area contributed by atoms with E-state index in [-0.39, 0.29) is 12.1 Å². The van der Waals surface area contributed by atoms with E-state index in [1.807, 2.05) is 17.5 Å². The summed E-state index contributed by atoms with van der Waals surface area (Å²) >= 11 is 1.51. The molecule has 0 saturated heterocycles. The predicted molar refractivity (Wildman–Crippen MR) is 68.4 cm³/mol. The minimum absolute atomic E-state index is 0.107. The van der Waals surface area contributed by atoms with Gasteiger partial charge in [0.05, 0.1) is 23.5 Å². The number of carbonyl (C=O) groups is 1. The molecule has 0 aliphatic rings.